The molecule has 7 nitrogen and oxygen atoms in total. The minimum absolute atomic E-state index is 0. The molecular formula is C17H19Cl2N4O3-. The van der Waals surface area contributed by atoms with Gasteiger partial charge in [0, 0.05) is 11.5 Å². The number of pyridine rings is 1. The zero-order chi connectivity index (χ0) is 17.3. The number of halogens is 2. The molecule has 0 atom stereocenters. The number of likely N-dealkylation sites (N-methyl/N-ethyl adjacent to an activating group) is 1. The number of aromatic nitrogens is 1. The number of para-hydroxylation sites is 1. The molecule has 0 aliphatic carbocycles. The van der Waals surface area contributed by atoms with Crippen LogP contribution < -0.4 is 17.7 Å². The fourth-order valence-electron chi connectivity index (χ4n) is 2.71. The quantitative estimate of drug-likeness (QED) is 0.296. The van der Waals surface area contributed by atoms with Crippen LogP contribution in [0.25, 0.3) is 21.8 Å². The Labute approximate surface area is 163 Å². The highest BCUT2D eigenvalue weighted by molar-refractivity contribution is 6.11. The lowest BCUT2D eigenvalue weighted by Gasteiger charge is -2.33. The molecule has 0 unspecified atom stereocenters. The molecule has 26 heavy (non-hydrogen) atoms. The number of rotatable bonds is 5. The summed E-state index contributed by atoms with van der Waals surface area (Å²) in [6.07, 6.45) is 0. The lowest BCUT2D eigenvalue weighted by Crippen LogP contribution is -3.00. The summed E-state index contributed by atoms with van der Waals surface area (Å²) in [5, 5.41) is 27.7. The molecule has 0 bridgehead atoms. The fourth-order valence-corrected chi connectivity index (χ4v) is 2.71. The van der Waals surface area contributed by atoms with Crippen molar-refractivity contribution in [1.82, 2.24) is 4.98 Å². The third kappa shape index (κ3) is 4.50. The minimum Gasteiger partial charge on any atom is -1.00 e. The smallest absolute Gasteiger partial charge is 0.280 e. The number of hydrogen-bond donors (Lipinski definition) is 1. The summed E-state index contributed by atoms with van der Waals surface area (Å²) in [5.74, 6) is 0. The van der Waals surface area contributed by atoms with Crippen molar-refractivity contribution in [1.29, 1.82) is 0 Å². The highest BCUT2D eigenvalue weighted by atomic mass is 35.5. The Morgan fingerprint density at radius 2 is 1.77 bits per heavy atom. The van der Waals surface area contributed by atoms with Crippen molar-refractivity contribution in [3.63, 3.8) is 0 Å². The van der Waals surface area contributed by atoms with Gasteiger partial charge in [0.15, 0.2) is 0 Å². The molecule has 0 saturated heterocycles. The summed E-state index contributed by atoms with van der Waals surface area (Å²) >= 11 is 0. The molecule has 0 aliphatic heterocycles. The van der Waals surface area contributed by atoms with Crippen LogP contribution in [0.4, 0.5) is 11.4 Å². The van der Waals surface area contributed by atoms with Gasteiger partial charge in [0.05, 0.1) is 48.8 Å². The standard InChI is InChI=1S/C17H18N4O3.2ClH/c1-21(2,24)11-10-18-17-12-6-3-4-7-13(12)19-14-8-5-9-15(16(14)17)20(22)23;;/h3-9H,10-11H2,1-2H3,(H,18,19);2*1H/p-1. The molecule has 0 radical (unpaired) electrons. The van der Waals surface area contributed by atoms with Crippen molar-refractivity contribution in [3.8, 4) is 0 Å². The monoisotopic (exact) mass is 397 g/mol. The van der Waals surface area contributed by atoms with E-state index in [1.807, 2.05) is 24.3 Å². The maximum atomic E-state index is 11.8. The van der Waals surface area contributed by atoms with Gasteiger partial charge in [-0.15, -0.1) is 12.4 Å². The second kappa shape index (κ2) is 8.46. The summed E-state index contributed by atoms with van der Waals surface area (Å²) in [6.45, 7) is 0.754. The molecule has 2 aromatic carbocycles. The highest BCUT2D eigenvalue weighted by Gasteiger charge is 2.19. The maximum Gasteiger partial charge on any atom is 0.280 e. The summed E-state index contributed by atoms with van der Waals surface area (Å²) in [5.41, 5.74) is 1.96. The van der Waals surface area contributed by atoms with Crippen molar-refractivity contribution in [3.05, 3.63) is 57.8 Å². The second-order valence-electron chi connectivity index (χ2n) is 6.16. The fraction of sp³-hybridized carbons (Fsp3) is 0.235. The van der Waals surface area contributed by atoms with Crippen LogP contribution >= 0.6 is 12.4 Å². The normalized spacial score (nSPS) is 10.9. The number of hydrogen-bond acceptors (Lipinski definition) is 5. The van der Waals surface area contributed by atoms with Crippen LogP contribution in [-0.4, -0.2) is 41.7 Å². The zero-order valence-corrected chi connectivity index (χ0v) is 15.9. The van der Waals surface area contributed by atoms with Gasteiger partial charge < -0.3 is 27.6 Å². The van der Waals surface area contributed by atoms with Gasteiger partial charge in [-0.25, -0.2) is 4.98 Å². The van der Waals surface area contributed by atoms with Crippen molar-refractivity contribution in [2.75, 3.05) is 32.5 Å². The van der Waals surface area contributed by atoms with Gasteiger partial charge in [0.1, 0.15) is 5.39 Å². The summed E-state index contributed by atoms with van der Waals surface area (Å²) in [7, 11) is 3.12. The van der Waals surface area contributed by atoms with E-state index in [0.29, 0.717) is 29.7 Å². The maximum absolute atomic E-state index is 11.8. The van der Waals surface area contributed by atoms with Gasteiger partial charge in [-0.2, -0.15) is 0 Å². The number of nitrogens with one attached hydrogen (secondary N) is 1. The Bertz CT molecular complexity index is 929. The van der Waals surface area contributed by atoms with Crippen LogP contribution in [0.2, 0.25) is 0 Å². The van der Waals surface area contributed by atoms with Crippen LogP contribution in [0.15, 0.2) is 42.5 Å². The number of nitro groups is 1. The largest absolute Gasteiger partial charge is 1.00 e. The molecule has 0 spiro atoms. The van der Waals surface area contributed by atoms with Crippen molar-refractivity contribution in [2.45, 2.75) is 0 Å². The predicted molar refractivity (Wildman–Crippen MR) is 102 cm³/mol. The van der Waals surface area contributed by atoms with E-state index >= 15 is 0 Å². The first-order valence-electron chi connectivity index (χ1n) is 7.60. The van der Waals surface area contributed by atoms with Gasteiger partial charge in [-0.05, 0) is 12.1 Å². The number of hydroxylamine groups is 3. The number of nitro benzene ring substituents is 1. The molecule has 3 aromatic rings. The Morgan fingerprint density at radius 3 is 2.42 bits per heavy atom. The first-order valence-corrected chi connectivity index (χ1v) is 7.60. The second-order valence-corrected chi connectivity index (χ2v) is 6.16. The summed E-state index contributed by atoms with van der Waals surface area (Å²) in [4.78, 5) is 15.6. The third-order valence-corrected chi connectivity index (χ3v) is 3.83. The number of quaternary nitrogens is 1. The van der Waals surface area contributed by atoms with Crippen molar-refractivity contribution >= 4 is 45.6 Å². The summed E-state index contributed by atoms with van der Waals surface area (Å²) in [6, 6.07) is 12.3. The molecule has 1 aromatic heterocycles. The molecule has 3 rings (SSSR count). The lowest BCUT2D eigenvalue weighted by atomic mass is 10.1. The molecule has 0 aliphatic rings. The van der Waals surface area contributed by atoms with Crippen molar-refractivity contribution in [2.24, 2.45) is 0 Å². The van der Waals surface area contributed by atoms with Crippen LogP contribution in [-0.2, 0) is 0 Å². The van der Waals surface area contributed by atoms with Crippen molar-refractivity contribution < 1.29 is 22.0 Å². The molecule has 140 valence electrons. The van der Waals surface area contributed by atoms with E-state index in [0.717, 1.165) is 10.9 Å². The number of non-ortho nitro benzene ring substituents is 1. The van der Waals surface area contributed by atoms with Gasteiger partial charge in [0.25, 0.3) is 5.69 Å². The van der Waals surface area contributed by atoms with E-state index < -0.39 is 9.57 Å². The highest BCUT2D eigenvalue weighted by Crippen LogP contribution is 2.36. The van der Waals surface area contributed by atoms with Gasteiger partial charge in [-0.1, -0.05) is 24.3 Å². The number of anilines is 1. The Morgan fingerprint density at radius 1 is 1.12 bits per heavy atom. The first kappa shape index (κ1) is 21.9. The van der Waals surface area contributed by atoms with Crippen LogP contribution in [0.3, 0.4) is 0 Å². The van der Waals surface area contributed by atoms with Gasteiger partial charge in [-0.3, -0.25) is 10.1 Å². The predicted octanol–water partition coefficient (Wildman–Crippen LogP) is 0.708. The number of benzene rings is 2. The van der Waals surface area contributed by atoms with Gasteiger partial charge in [0.2, 0.25) is 0 Å². The molecule has 0 amide bonds. The minimum atomic E-state index is -0.434. The van der Waals surface area contributed by atoms with E-state index in [9.17, 15) is 15.3 Å². The Balaban J connectivity index is 0.00000169. The Hall–Kier alpha value is -2.19. The van der Waals surface area contributed by atoms with E-state index in [1.54, 1.807) is 26.2 Å². The van der Waals surface area contributed by atoms with E-state index in [2.05, 4.69) is 10.3 Å². The van der Waals surface area contributed by atoms with Crippen LogP contribution in [0.1, 0.15) is 0 Å². The number of fused-ring (bicyclic) bond motifs is 2. The van der Waals surface area contributed by atoms with Crippen LogP contribution in [0.5, 0.6) is 0 Å². The lowest BCUT2D eigenvalue weighted by molar-refractivity contribution is -0.838. The topological polar surface area (TPSA) is 91.1 Å². The SMILES string of the molecule is C[N+](C)([O-])CCNc1c2ccccc2nc2cccc([N+](=O)[O-])c12.Cl.[Cl-]. The molecular weight excluding hydrogens is 379 g/mol. The molecule has 9 heteroatoms. The molecule has 1 heterocycles. The third-order valence-electron chi connectivity index (χ3n) is 3.83. The molecule has 1 N–H and O–H groups in total. The average molecular weight is 398 g/mol. The Kier molecular flexibility index (Phi) is 7.11. The molecule has 0 saturated carbocycles. The van der Waals surface area contributed by atoms with E-state index in [1.165, 1.54) is 6.07 Å². The van der Waals surface area contributed by atoms with Gasteiger partial charge >= 0.3 is 0 Å². The number of nitrogens with zero attached hydrogens (tertiary/aromatic N) is 3. The zero-order valence-electron chi connectivity index (χ0n) is 14.3. The molecule has 0 fully saturated rings. The van der Waals surface area contributed by atoms with E-state index in [-0.39, 0.29) is 30.5 Å². The summed E-state index contributed by atoms with van der Waals surface area (Å²) < 4.78 is -0.434. The first-order chi connectivity index (χ1) is 11.4. The van der Waals surface area contributed by atoms with E-state index in [4.69, 9.17) is 0 Å². The average Bonchev–Trinajstić information content (AvgIpc) is 2.52. The van der Waals surface area contributed by atoms with Crippen LogP contribution in [0, 0.1) is 15.3 Å².